The number of ketones is 1. The van der Waals surface area contributed by atoms with E-state index in [2.05, 4.69) is 26.0 Å². The molecular weight excluding hydrogens is 192 g/mol. The van der Waals surface area contributed by atoms with Crippen LogP contribution in [0.5, 0.6) is 0 Å². The van der Waals surface area contributed by atoms with Gasteiger partial charge in [-0.2, -0.15) is 0 Å². The molecule has 1 nitrogen and oxygen atoms in total. The molecule has 0 amide bonds. The van der Waals surface area contributed by atoms with Crippen LogP contribution in [0, 0.1) is 5.92 Å². The van der Waals surface area contributed by atoms with Gasteiger partial charge in [-0.1, -0.05) is 20.8 Å². The van der Waals surface area contributed by atoms with Crippen molar-refractivity contribution in [3.8, 4) is 0 Å². The molecule has 0 saturated heterocycles. The molecular formula is C12H18OS. The minimum atomic E-state index is 0.210. The number of carbonyl (C=O) groups excluding carboxylic acids is 1. The highest BCUT2D eigenvalue weighted by Gasteiger charge is 2.12. The van der Waals surface area contributed by atoms with Crippen LogP contribution in [0.4, 0.5) is 0 Å². The van der Waals surface area contributed by atoms with E-state index in [1.54, 1.807) is 11.3 Å². The predicted molar refractivity (Wildman–Crippen MR) is 61.9 cm³/mol. The molecule has 0 aliphatic heterocycles. The first-order valence-electron chi connectivity index (χ1n) is 5.27. The molecule has 0 spiro atoms. The maximum absolute atomic E-state index is 11.6. The van der Waals surface area contributed by atoms with E-state index >= 15 is 0 Å². The van der Waals surface area contributed by atoms with Crippen molar-refractivity contribution in [1.82, 2.24) is 0 Å². The lowest BCUT2D eigenvalue weighted by molar-refractivity contribution is -0.121. The van der Waals surface area contributed by atoms with Gasteiger partial charge in [0.25, 0.3) is 0 Å². The van der Waals surface area contributed by atoms with Gasteiger partial charge in [-0.15, -0.1) is 11.3 Å². The summed E-state index contributed by atoms with van der Waals surface area (Å²) < 4.78 is 0. The summed E-state index contributed by atoms with van der Waals surface area (Å²) in [5.41, 5.74) is 0. The van der Waals surface area contributed by atoms with E-state index < -0.39 is 0 Å². The van der Waals surface area contributed by atoms with Crippen LogP contribution in [0.15, 0.2) is 12.1 Å². The second-order valence-corrected chi connectivity index (χ2v) is 4.93. The summed E-state index contributed by atoms with van der Waals surface area (Å²) in [6, 6.07) is 4.22. The molecule has 1 rings (SSSR count). The van der Waals surface area contributed by atoms with Crippen LogP contribution in [0.25, 0.3) is 0 Å². The molecule has 78 valence electrons. The van der Waals surface area contributed by atoms with Crippen LogP contribution in [-0.4, -0.2) is 5.78 Å². The van der Waals surface area contributed by atoms with Crippen molar-refractivity contribution in [1.29, 1.82) is 0 Å². The number of thiophene rings is 1. The van der Waals surface area contributed by atoms with Gasteiger partial charge in [0.15, 0.2) is 0 Å². The highest BCUT2D eigenvalue weighted by Crippen LogP contribution is 2.19. The number of hydrogen-bond donors (Lipinski definition) is 0. The molecule has 1 aromatic rings. The fraction of sp³-hybridized carbons (Fsp3) is 0.583. The normalized spacial score (nSPS) is 12.8. The number of aryl methyl sites for hydroxylation is 1. The average Bonchev–Trinajstić information content (AvgIpc) is 2.64. The van der Waals surface area contributed by atoms with Gasteiger partial charge in [0, 0.05) is 22.1 Å². The summed E-state index contributed by atoms with van der Waals surface area (Å²) in [6.45, 7) is 6.22. The second kappa shape index (κ2) is 5.30. The van der Waals surface area contributed by atoms with Gasteiger partial charge in [0.1, 0.15) is 5.78 Å². The third kappa shape index (κ3) is 2.95. The summed E-state index contributed by atoms with van der Waals surface area (Å²) in [7, 11) is 0. The molecule has 0 aromatic carbocycles. The lowest BCUT2D eigenvalue weighted by Gasteiger charge is -2.04. The van der Waals surface area contributed by atoms with Gasteiger partial charge in [-0.05, 0) is 25.0 Å². The Morgan fingerprint density at radius 1 is 1.36 bits per heavy atom. The van der Waals surface area contributed by atoms with Crippen LogP contribution >= 0.6 is 11.3 Å². The zero-order valence-corrected chi connectivity index (χ0v) is 9.99. The Bertz CT molecular complexity index is 301. The maximum atomic E-state index is 11.6. The third-order valence-corrected chi connectivity index (χ3v) is 3.81. The molecule has 0 radical (unpaired) electrons. The van der Waals surface area contributed by atoms with Gasteiger partial charge in [0.2, 0.25) is 0 Å². The highest BCUT2D eigenvalue weighted by molar-refractivity contribution is 7.12. The third-order valence-electron chi connectivity index (χ3n) is 2.58. The molecule has 0 saturated carbocycles. The van der Waals surface area contributed by atoms with Crippen LogP contribution in [0.2, 0.25) is 0 Å². The van der Waals surface area contributed by atoms with Gasteiger partial charge in [-0.25, -0.2) is 0 Å². The quantitative estimate of drug-likeness (QED) is 0.727. The van der Waals surface area contributed by atoms with Crippen molar-refractivity contribution >= 4 is 17.1 Å². The van der Waals surface area contributed by atoms with Gasteiger partial charge < -0.3 is 0 Å². The van der Waals surface area contributed by atoms with Crippen LogP contribution in [-0.2, 0) is 17.6 Å². The summed E-state index contributed by atoms with van der Waals surface area (Å²) >= 11 is 1.77. The van der Waals surface area contributed by atoms with Crippen LogP contribution in [0.3, 0.4) is 0 Å². The molecule has 1 unspecified atom stereocenters. The van der Waals surface area contributed by atoms with Crippen LogP contribution in [0.1, 0.15) is 36.9 Å². The Labute approximate surface area is 90.2 Å². The Kier molecular flexibility index (Phi) is 4.33. The molecule has 0 aliphatic carbocycles. The Hall–Kier alpha value is -0.630. The molecule has 1 atom stereocenters. The fourth-order valence-corrected chi connectivity index (χ4v) is 2.25. The summed E-state index contributed by atoms with van der Waals surface area (Å²) in [5.74, 6) is 0.583. The van der Waals surface area contributed by atoms with Gasteiger partial charge in [-0.3, -0.25) is 4.79 Å². The Morgan fingerprint density at radius 2 is 2.00 bits per heavy atom. The average molecular weight is 210 g/mol. The zero-order valence-electron chi connectivity index (χ0n) is 9.17. The first-order valence-corrected chi connectivity index (χ1v) is 6.09. The van der Waals surface area contributed by atoms with E-state index in [1.165, 1.54) is 9.75 Å². The lowest BCUT2D eigenvalue weighted by atomic mass is 10.0. The first-order chi connectivity index (χ1) is 6.67. The monoisotopic (exact) mass is 210 g/mol. The van der Waals surface area contributed by atoms with Crippen molar-refractivity contribution in [2.45, 2.75) is 40.0 Å². The minimum Gasteiger partial charge on any atom is -0.299 e. The van der Waals surface area contributed by atoms with Crippen molar-refractivity contribution in [3.05, 3.63) is 21.9 Å². The number of carbonyl (C=O) groups is 1. The number of Topliss-reactive ketones (excluding diaryl/α,β-unsaturated/α-hetero) is 1. The van der Waals surface area contributed by atoms with Crippen molar-refractivity contribution in [2.75, 3.05) is 0 Å². The highest BCUT2D eigenvalue weighted by atomic mass is 32.1. The molecule has 0 bridgehead atoms. The fourth-order valence-electron chi connectivity index (χ4n) is 1.28. The largest absolute Gasteiger partial charge is 0.299 e. The Balaban J connectivity index is 2.56. The van der Waals surface area contributed by atoms with Crippen molar-refractivity contribution in [3.63, 3.8) is 0 Å². The van der Waals surface area contributed by atoms with E-state index in [0.29, 0.717) is 12.2 Å². The van der Waals surface area contributed by atoms with Gasteiger partial charge >= 0.3 is 0 Å². The smallest absolute Gasteiger partial charge is 0.140 e. The summed E-state index contributed by atoms with van der Waals surface area (Å²) in [4.78, 5) is 14.2. The minimum absolute atomic E-state index is 0.210. The van der Waals surface area contributed by atoms with Crippen molar-refractivity contribution in [2.24, 2.45) is 5.92 Å². The first kappa shape index (κ1) is 11.4. The molecule has 2 heteroatoms. The number of rotatable bonds is 5. The van der Waals surface area contributed by atoms with E-state index in [1.807, 2.05) is 6.92 Å². The standard InChI is InChI=1S/C12H18OS/c1-4-9(3)12(13)8-11-7-6-10(5-2)14-11/h6-7,9H,4-5,8H2,1-3H3. The van der Waals surface area contributed by atoms with Crippen LogP contribution < -0.4 is 0 Å². The van der Waals surface area contributed by atoms with E-state index in [9.17, 15) is 4.79 Å². The zero-order chi connectivity index (χ0) is 10.6. The van der Waals surface area contributed by atoms with Crippen molar-refractivity contribution < 1.29 is 4.79 Å². The molecule has 14 heavy (non-hydrogen) atoms. The maximum Gasteiger partial charge on any atom is 0.140 e. The topological polar surface area (TPSA) is 17.1 Å². The van der Waals surface area contributed by atoms with Gasteiger partial charge in [0.05, 0.1) is 0 Å². The second-order valence-electron chi connectivity index (χ2n) is 3.67. The summed E-state index contributed by atoms with van der Waals surface area (Å²) in [6.07, 6.45) is 2.65. The molecule has 0 N–H and O–H groups in total. The van der Waals surface area contributed by atoms with E-state index in [-0.39, 0.29) is 5.92 Å². The molecule has 1 heterocycles. The van der Waals surface area contributed by atoms with E-state index in [0.717, 1.165) is 12.8 Å². The summed E-state index contributed by atoms with van der Waals surface area (Å²) in [5, 5.41) is 0. The predicted octanol–water partition coefficient (Wildman–Crippen LogP) is 3.47. The SMILES string of the molecule is CCc1ccc(CC(=O)C(C)CC)s1. The number of hydrogen-bond acceptors (Lipinski definition) is 2. The molecule has 0 fully saturated rings. The van der Waals surface area contributed by atoms with E-state index in [4.69, 9.17) is 0 Å². The molecule has 1 aromatic heterocycles. The molecule has 0 aliphatic rings. The Morgan fingerprint density at radius 3 is 2.50 bits per heavy atom. The lowest BCUT2D eigenvalue weighted by Crippen LogP contribution is -2.11.